The van der Waals surface area contributed by atoms with E-state index in [0.717, 1.165) is 32.3 Å². The minimum atomic E-state index is -0.320. The number of carbonyl (C=O) groups is 2. The zero-order valence-corrected chi connectivity index (χ0v) is 21.3. The van der Waals surface area contributed by atoms with E-state index in [1.54, 1.807) is 12.1 Å². The van der Waals surface area contributed by atoms with Crippen LogP contribution in [-0.4, -0.2) is 21.8 Å². The molecule has 40 heavy (non-hydrogen) atoms. The summed E-state index contributed by atoms with van der Waals surface area (Å²) in [6.07, 6.45) is 0. The Morgan fingerprint density at radius 3 is 1.25 bits per heavy atom. The van der Waals surface area contributed by atoms with Crippen LogP contribution in [0.5, 0.6) is 0 Å². The molecule has 0 aliphatic heterocycles. The average Bonchev–Trinajstić information content (AvgIpc) is 3.00. The van der Waals surface area contributed by atoms with Crippen LogP contribution in [0.15, 0.2) is 121 Å². The minimum absolute atomic E-state index is 0.265. The van der Waals surface area contributed by atoms with Gasteiger partial charge in [0.25, 0.3) is 11.8 Å². The third-order valence-corrected chi connectivity index (χ3v) is 7.00. The first kappa shape index (κ1) is 23.5. The molecule has 0 radical (unpaired) electrons. The molecule has 0 saturated carbocycles. The highest BCUT2D eigenvalue weighted by Gasteiger charge is 2.14. The molecule has 2 N–H and O–H groups in total. The highest BCUT2D eigenvalue weighted by Crippen LogP contribution is 2.25. The number of hydrogen-bond donors (Lipinski definition) is 2. The molecule has 2 aromatic heterocycles. The van der Waals surface area contributed by atoms with Gasteiger partial charge in [0, 0.05) is 22.1 Å². The van der Waals surface area contributed by atoms with Gasteiger partial charge >= 0.3 is 0 Å². The first-order chi connectivity index (χ1) is 19.6. The van der Waals surface area contributed by atoms with Crippen LogP contribution in [-0.2, 0) is 0 Å². The molecule has 6 heteroatoms. The Labute approximate surface area is 229 Å². The molecule has 0 atom stereocenters. The van der Waals surface area contributed by atoms with Crippen molar-refractivity contribution in [3.8, 4) is 0 Å². The molecule has 190 valence electrons. The number of aromatic nitrogens is 2. The lowest BCUT2D eigenvalue weighted by Gasteiger charge is -2.10. The first-order valence-electron chi connectivity index (χ1n) is 12.9. The molecule has 7 aromatic rings. The normalized spacial score (nSPS) is 11.2. The maximum Gasteiger partial charge on any atom is 0.274 e. The SMILES string of the molecule is O=C(Nc1ccc2ccccc2c1)c1ccc2ccc3ccc(C(=O)Nc4ccc5ccccc5c4)nc3c2n1. The van der Waals surface area contributed by atoms with Crippen LogP contribution in [0.1, 0.15) is 21.0 Å². The molecule has 0 aliphatic carbocycles. The van der Waals surface area contributed by atoms with Crippen LogP contribution < -0.4 is 10.6 Å². The van der Waals surface area contributed by atoms with Crippen molar-refractivity contribution < 1.29 is 9.59 Å². The summed E-state index contributed by atoms with van der Waals surface area (Å²) >= 11 is 0. The molecular weight excluding hydrogens is 496 g/mol. The van der Waals surface area contributed by atoms with Gasteiger partial charge in [0.05, 0.1) is 11.0 Å². The van der Waals surface area contributed by atoms with Gasteiger partial charge in [-0.2, -0.15) is 0 Å². The highest BCUT2D eigenvalue weighted by atomic mass is 16.2. The van der Waals surface area contributed by atoms with Crippen molar-refractivity contribution in [1.29, 1.82) is 0 Å². The summed E-state index contributed by atoms with van der Waals surface area (Å²) in [5.41, 5.74) is 3.03. The summed E-state index contributed by atoms with van der Waals surface area (Å²) in [5, 5.41) is 11.8. The van der Waals surface area contributed by atoms with Crippen molar-refractivity contribution in [2.24, 2.45) is 0 Å². The zero-order chi connectivity index (χ0) is 27.1. The van der Waals surface area contributed by atoms with E-state index in [0.29, 0.717) is 22.4 Å². The molecule has 0 aliphatic rings. The van der Waals surface area contributed by atoms with Gasteiger partial charge in [-0.05, 0) is 57.9 Å². The van der Waals surface area contributed by atoms with Gasteiger partial charge in [-0.15, -0.1) is 0 Å². The van der Waals surface area contributed by atoms with Crippen molar-refractivity contribution in [2.45, 2.75) is 0 Å². The highest BCUT2D eigenvalue weighted by molar-refractivity contribution is 6.10. The van der Waals surface area contributed by atoms with Gasteiger partial charge < -0.3 is 10.6 Å². The quantitative estimate of drug-likeness (QED) is 0.235. The molecule has 0 spiro atoms. The van der Waals surface area contributed by atoms with E-state index in [-0.39, 0.29) is 23.2 Å². The van der Waals surface area contributed by atoms with E-state index in [1.807, 2.05) is 109 Å². The van der Waals surface area contributed by atoms with Gasteiger partial charge in [0.2, 0.25) is 0 Å². The molecule has 6 nitrogen and oxygen atoms in total. The zero-order valence-electron chi connectivity index (χ0n) is 21.3. The Morgan fingerprint density at radius 2 is 0.800 bits per heavy atom. The lowest BCUT2D eigenvalue weighted by Crippen LogP contribution is -2.14. The van der Waals surface area contributed by atoms with Crippen molar-refractivity contribution in [3.63, 3.8) is 0 Å². The Morgan fingerprint density at radius 1 is 0.425 bits per heavy atom. The number of rotatable bonds is 4. The smallest absolute Gasteiger partial charge is 0.274 e. The fourth-order valence-corrected chi connectivity index (χ4v) is 4.95. The van der Waals surface area contributed by atoms with Gasteiger partial charge in [-0.25, -0.2) is 9.97 Å². The maximum absolute atomic E-state index is 13.1. The fourth-order valence-electron chi connectivity index (χ4n) is 4.95. The second-order valence-electron chi connectivity index (χ2n) is 9.63. The molecule has 0 saturated heterocycles. The van der Waals surface area contributed by atoms with E-state index >= 15 is 0 Å². The van der Waals surface area contributed by atoms with E-state index in [1.165, 1.54) is 0 Å². The molecule has 0 unspecified atom stereocenters. The van der Waals surface area contributed by atoms with Crippen LogP contribution in [0.25, 0.3) is 43.4 Å². The fraction of sp³-hybridized carbons (Fsp3) is 0. The molecule has 7 rings (SSSR count). The maximum atomic E-state index is 13.1. The number of carbonyl (C=O) groups excluding carboxylic acids is 2. The lowest BCUT2D eigenvalue weighted by molar-refractivity contribution is 0.101. The van der Waals surface area contributed by atoms with Crippen molar-refractivity contribution in [3.05, 3.63) is 133 Å². The van der Waals surface area contributed by atoms with Gasteiger partial charge in [-0.1, -0.05) is 84.9 Å². The van der Waals surface area contributed by atoms with Crippen molar-refractivity contribution in [2.75, 3.05) is 10.6 Å². The number of benzene rings is 5. The number of anilines is 2. The molecule has 2 heterocycles. The third kappa shape index (κ3) is 4.37. The Balaban J connectivity index is 1.20. The number of hydrogen-bond acceptors (Lipinski definition) is 4. The minimum Gasteiger partial charge on any atom is -0.321 e. The van der Waals surface area contributed by atoms with E-state index in [2.05, 4.69) is 20.6 Å². The topological polar surface area (TPSA) is 84.0 Å². The van der Waals surface area contributed by atoms with Crippen LogP contribution in [0.3, 0.4) is 0 Å². The van der Waals surface area contributed by atoms with Crippen LogP contribution >= 0.6 is 0 Å². The number of fused-ring (bicyclic) bond motifs is 5. The van der Waals surface area contributed by atoms with E-state index < -0.39 is 0 Å². The monoisotopic (exact) mass is 518 g/mol. The van der Waals surface area contributed by atoms with Crippen LogP contribution in [0.4, 0.5) is 11.4 Å². The van der Waals surface area contributed by atoms with Crippen molar-refractivity contribution >= 4 is 66.5 Å². The number of amides is 2. The number of nitrogens with zero attached hydrogens (tertiary/aromatic N) is 2. The van der Waals surface area contributed by atoms with Crippen LogP contribution in [0.2, 0.25) is 0 Å². The summed E-state index contributed by atoms with van der Waals surface area (Å²) in [7, 11) is 0. The largest absolute Gasteiger partial charge is 0.321 e. The van der Waals surface area contributed by atoms with E-state index in [4.69, 9.17) is 0 Å². The van der Waals surface area contributed by atoms with E-state index in [9.17, 15) is 9.59 Å². The summed E-state index contributed by atoms with van der Waals surface area (Å²) in [5.74, 6) is -0.640. The Kier molecular flexibility index (Phi) is 5.64. The molecular formula is C34H22N4O2. The molecule has 2 amide bonds. The average molecular weight is 519 g/mol. The summed E-state index contributed by atoms with van der Waals surface area (Å²) in [6.45, 7) is 0. The van der Waals surface area contributed by atoms with Crippen LogP contribution in [0, 0.1) is 0 Å². The predicted octanol–water partition coefficient (Wildman–Crippen LogP) is 7.59. The number of pyridine rings is 2. The second kappa shape index (κ2) is 9.60. The molecule has 0 bridgehead atoms. The Hall–Kier alpha value is -5.62. The van der Waals surface area contributed by atoms with Crippen molar-refractivity contribution in [1.82, 2.24) is 9.97 Å². The Bertz CT molecular complexity index is 1970. The van der Waals surface area contributed by atoms with Gasteiger partial charge in [0.1, 0.15) is 11.4 Å². The predicted molar refractivity (Wildman–Crippen MR) is 161 cm³/mol. The summed E-state index contributed by atoms with van der Waals surface area (Å²) in [6, 6.07) is 38.5. The van der Waals surface area contributed by atoms with Gasteiger partial charge in [0.15, 0.2) is 0 Å². The number of nitrogens with one attached hydrogen (secondary N) is 2. The standard InChI is InChI=1S/C34H22N4O2/c39-33(35-27-15-11-21-5-1-3-7-25(21)19-27)29-17-13-23-9-10-24-14-18-30(38-32(24)31(23)37-29)34(40)36-28-16-12-22-6-2-4-8-26(22)20-28/h1-20H,(H,35,39)(H,36,40). The summed E-state index contributed by atoms with van der Waals surface area (Å²) < 4.78 is 0. The summed E-state index contributed by atoms with van der Waals surface area (Å²) in [4.78, 5) is 35.6. The lowest BCUT2D eigenvalue weighted by atomic mass is 10.1. The first-order valence-corrected chi connectivity index (χ1v) is 12.9. The third-order valence-electron chi connectivity index (χ3n) is 7.00. The molecule has 5 aromatic carbocycles. The van der Waals surface area contributed by atoms with Gasteiger partial charge in [-0.3, -0.25) is 9.59 Å². The molecule has 0 fully saturated rings. The second-order valence-corrected chi connectivity index (χ2v) is 9.63.